The molecule has 0 radical (unpaired) electrons. The fourth-order valence-corrected chi connectivity index (χ4v) is 4.29. The van der Waals surface area contributed by atoms with Crippen LogP contribution in [0.4, 0.5) is 18.9 Å². The number of benzene rings is 2. The molecule has 0 bridgehead atoms. The van der Waals surface area contributed by atoms with Crippen LogP contribution in [0.5, 0.6) is 0 Å². The van der Waals surface area contributed by atoms with Crippen molar-refractivity contribution in [1.82, 2.24) is 20.2 Å². The molecule has 0 amide bonds. The van der Waals surface area contributed by atoms with Gasteiger partial charge in [0, 0.05) is 63.3 Å². The van der Waals surface area contributed by atoms with Crippen LogP contribution in [0.15, 0.2) is 48.5 Å². The van der Waals surface area contributed by atoms with Crippen molar-refractivity contribution < 1.29 is 13.2 Å². The number of anilines is 1. The summed E-state index contributed by atoms with van der Waals surface area (Å²) in [5.41, 5.74) is 4.40. The van der Waals surface area contributed by atoms with Crippen LogP contribution >= 0.6 is 0 Å². The van der Waals surface area contributed by atoms with Crippen LogP contribution in [-0.4, -0.2) is 48.1 Å². The zero-order valence-corrected chi connectivity index (χ0v) is 19.9. The number of aromatic nitrogens is 2. The number of nitrogens with one attached hydrogen (secondary N) is 2. The number of alkyl halides is 3. The number of hydrogen-bond acceptors (Lipinski definition) is 4. The Bertz CT molecular complexity index is 1060. The molecule has 0 atom stereocenters. The van der Waals surface area contributed by atoms with Gasteiger partial charge in [-0.1, -0.05) is 24.3 Å². The average molecular weight is 472 g/mol. The third kappa shape index (κ3) is 5.98. The normalized spacial score (nSPS) is 15.6. The third-order valence-electron chi connectivity index (χ3n) is 6.48. The Kier molecular flexibility index (Phi) is 7.28. The van der Waals surface area contributed by atoms with E-state index in [-0.39, 0.29) is 0 Å². The molecule has 4 rings (SSSR count). The molecule has 5 nitrogen and oxygen atoms in total. The van der Waals surface area contributed by atoms with Crippen LogP contribution in [-0.2, 0) is 19.3 Å². The van der Waals surface area contributed by atoms with E-state index in [1.807, 2.05) is 21.0 Å². The molecule has 2 aromatic carbocycles. The molecule has 1 aromatic heterocycles. The zero-order chi connectivity index (χ0) is 24.3. The molecule has 0 aliphatic carbocycles. The first-order valence-electron chi connectivity index (χ1n) is 11.6. The van der Waals surface area contributed by atoms with Gasteiger partial charge in [0.05, 0.1) is 11.3 Å². The van der Waals surface area contributed by atoms with E-state index in [1.165, 1.54) is 23.4 Å². The molecule has 3 aromatic rings. The number of imidazole rings is 1. The molecule has 34 heavy (non-hydrogen) atoms. The van der Waals surface area contributed by atoms with E-state index in [0.29, 0.717) is 17.4 Å². The summed E-state index contributed by atoms with van der Waals surface area (Å²) in [6.45, 7) is 5.54. The molecule has 182 valence electrons. The molecule has 8 heteroatoms. The van der Waals surface area contributed by atoms with Crippen LogP contribution in [0.1, 0.15) is 35.4 Å². The van der Waals surface area contributed by atoms with Crippen LogP contribution in [0.25, 0.3) is 11.4 Å². The van der Waals surface area contributed by atoms with Crippen molar-refractivity contribution in [2.45, 2.75) is 45.1 Å². The van der Waals surface area contributed by atoms with Crippen LogP contribution in [0, 0.1) is 6.92 Å². The van der Waals surface area contributed by atoms with Crippen LogP contribution < -0.4 is 10.2 Å². The number of halogens is 3. The first-order chi connectivity index (χ1) is 16.2. The smallest absolute Gasteiger partial charge is 0.378 e. The molecule has 1 aliphatic rings. The minimum absolute atomic E-state index is 0.493. The molecule has 0 saturated carbocycles. The minimum atomic E-state index is -4.33. The predicted octanol–water partition coefficient (Wildman–Crippen LogP) is 5.22. The molecule has 2 N–H and O–H groups in total. The average Bonchev–Trinajstić information content (AvgIpc) is 3.18. The van der Waals surface area contributed by atoms with E-state index in [1.54, 1.807) is 0 Å². The topological polar surface area (TPSA) is 47.2 Å². The van der Waals surface area contributed by atoms with Crippen molar-refractivity contribution in [2.24, 2.45) is 0 Å². The van der Waals surface area contributed by atoms with E-state index in [0.717, 1.165) is 62.5 Å². The van der Waals surface area contributed by atoms with Gasteiger partial charge in [0.25, 0.3) is 0 Å². The summed E-state index contributed by atoms with van der Waals surface area (Å²) in [6, 6.07) is 14.3. The monoisotopic (exact) mass is 471 g/mol. The van der Waals surface area contributed by atoms with Gasteiger partial charge in [0.2, 0.25) is 0 Å². The minimum Gasteiger partial charge on any atom is -0.378 e. The van der Waals surface area contributed by atoms with Gasteiger partial charge in [0.15, 0.2) is 0 Å². The summed E-state index contributed by atoms with van der Waals surface area (Å²) in [7, 11) is 4.09. The summed E-state index contributed by atoms with van der Waals surface area (Å²) in [4.78, 5) is 12.4. The van der Waals surface area contributed by atoms with Crippen molar-refractivity contribution in [2.75, 3.05) is 32.1 Å². The largest absolute Gasteiger partial charge is 0.416 e. The predicted molar refractivity (Wildman–Crippen MR) is 130 cm³/mol. The second kappa shape index (κ2) is 10.2. The summed E-state index contributed by atoms with van der Waals surface area (Å²) >= 11 is 0. The van der Waals surface area contributed by atoms with Gasteiger partial charge in [-0.15, -0.1) is 0 Å². The Morgan fingerprint density at radius 1 is 1.03 bits per heavy atom. The molecule has 0 unspecified atom stereocenters. The highest BCUT2D eigenvalue weighted by Gasteiger charge is 2.30. The van der Waals surface area contributed by atoms with Gasteiger partial charge in [-0.05, 0) is 49.6 Å². The number of aryl methyl sites for hydroxylation is 1. The van der Waals surface area contributed by atoms with Crippen molar-refractivity contribution in [3.8, 4) is 11.4 Å². The Labute approximate surface area is 199 Å². The molecule has 1 saturated heterocycles. The lowest BCUT2D eigenvalue weighted by molar-refractivity contribution is -0.137. The molecule has 1 fully saturated rings. The van der Waals surface area contributed by atoms with E-state index >= 15 is 0 Å². The summed E-state index contributed by atoms with van der Waals surface area (Å²) in [5, 5.41) is 3.68. The second-order valence-corrected chi connectivity index (χ2v) is 9.22. The fourth-order valence-electron chi connectivity index (χ4n) is 4.29. The number of aromatic amines is 1. The Morgan fingerprint density at radius 2 is 1.68 bits per heavy atom. The lowest BCUT2D eigenvalue weighted by atomic mass is 10.0. The first-order valence-corrected chi connectivity index (χ1v) is 11.6. The van der Waals surface area contributed by atoms with Gasteiger partial charge >= 0.3 is 6.18 Å². The molecule has 2 heterocycles. The van der Waals surface area contributed by atoms with Gasteiger partial charge in [-0.2, -0.15) is 13.2 Å². The Hall–Kier alpha value is -2.84. The zero-order valence-electron chi connectivity index (χ0n) is 19.9. The van der Waals surface area contributed by atoms with Gasteiger partial charge < -0.3 is 15.2 Å². The Balaban J connectivity index is 1.27. The van der Waals surface area contributed by atoms with Crippen molar-refractivity contribution in [3.63, 3.8) is 0 Å². The van der Waals surface area contributed by atoms with Gasteiger partial charge in [-0.25, -0.2) is 4.98 Å². The number of H-pyrrole nitrogens is 1. The number of piperidine rings is 1. The number of rotatable bonds is 7. The maximum Gasteiger partial charge on any atom is 0.416 e. The molecular weight excluding hydrogens is 439 g/mol. The number of nitrogens with zero attached hydrogens (tertiary/aromatic N) is 3. The van der Waals surface area contributed by atoms with Crippen molar-refractivity contribution in [3.05, 3.63) is 71.0 Å². The SMILES string of the molecule is Cc1[nH]c(-c2ccc(C(F)(F)F)cc2)nc1CN1CCC(NCc2ccc(N(C)C)cc2)CC1. The van der Waals surface area contributed by atoms with Crippen molar-refractivity contribution in [1.29, 1.82) is 0 Å². The van der Waals surface area contributed by atoms with E-state index in [4.69, 9.17) is 0 Å². The van der Waals surface area contributed by atoms with Gasteiger partial charge in [0.1, 0.15) is 5.82 Å². The fraction of sp³-hybridized carbons (Fsp3) is 0.423. The quantitative estimate of drug-likeness (QED) is 0.496. The highest BCUT2D eigenvalue weighted by atomic mass is 19.4. The maximum absolute atomic E-state index is 12.8. The highest BCUT2D eigenvalue weighted by molar-refractivity contribution is 5.56. The van der Waals surface area contributed by atoms with Crippen LogP contribution in [0.3, 0.4) is 0 Å². The molecular formula is C26H32F3N5. The van der Waals surface area contributed by atoms with Crippen LogP contribution in [0.2, 0.25) is 0 Å². The molecule has 1 aliphatic heterocycles. The highest BCUT2D eigenvalue weighted by Crippen LogP contribution is 2.30. The summed E-state index contributed by atoms with van der Waals surface area (Å²) in [6.07, 6.45) is -2.18. The summed E-state index contributed by atoms with van der Waals surface area (Å²) in [5.74, 6) is 0.609. The maximum atomic E-state index is 12.8. The first kappa shape index (κ1) is 24.3. The standard InChI is InChI=1S/C26H32F3N5/c1-18-24(32-25(31-18)20-6-8-21(9-7-20)26(27,28)29)17-34-14-12-22(13-15-34)30-16-19-4-10-23(11-5-19)33(2)3/h4-11,22,30H,12-17H2,1-3H3,(H,31,32). The Morgan fingerprint density at radius 3 is 2.26 bits per heavy atom. The van der Waals surface area contributed by atoms with Gasteiger partial charge in [-0.3, -0.25) is 4.90 Å². The van der Waals surface area contributed by atoms with E-state index in [9.17, 15) is 13.2 Å². The summed E-state index contributed by atoms with van der Waals surface area (Å²) < 4.78 is 38.5. The van der Waals surface area contributed by atoms with E-state index < -0.39 is 11.7 Å². The number of hydrogen-bond donors (Lipinski definition) is 2. The lowest BCUT2D eigenvalue weighted by Gasteiger charge is -2.32. The second-order valence-electron chi connectivity index (χ2n) is 9.22. The lowest BCUT2D eigenvalue weighted by Crippen LogP contribution is -2.42. The van der Waals surface area contributed by atoms with Crippen molar-refractivity contribution >= 4 is 5.69 Å². The molecule has 0 spiro atoms. The van der Waals surface area contributed by atoms with E-state index in [2.05, 4.69) is 49.4 Å². The third-order valence-corrected chi connectivity index (χ3v) is 6.48. The number of likely N-dealkylation sites (tertiary alicyclic amines) is 1.